The van der Waals surface area contributed by atoms with Crippen molar-refractivity contribution in [3.63, 3.8) is 0 Å². The van der Waals surface area contributed by atoms with E-state index < -0.39 is 0 Å². The van der Waals surface area contributed by atoms with E-state index in [9.17, 15) is 4.79 Å². The smallest absolute Gasteiger partial charge is 0.253 e. The lowest BCUT2D eigenvalue weighted by Crippen LogP contribution is -2.27. The minimum atomic E-state index is -0.382. The maximum atomic E-state index is 11.9. The van der Waals surface area contributed by atoms with Crippen LogP contribution in [0.4, 0.5) is 5.69 Å². The van der Waals surface area contributed by atoms with E-state index in [1.807, 2.05) is 6.92 Å². The molecule has 1 amide bonds. The van der Waals surface area contributed by atoms with E-state index in [1.165, 1.54) is 6.20 Å². The van der Waals surface area contributed by atoms with Crippen LogP contribution in [0.2, 0.25) is 0 Å². The molecule has 1 aromatic rings. The topological polar surface area (TPSA) is 71.5 Å². The van der Waals surface area contributed by atoms with Crippen molar-refractivity contribution in [1.29, 1.82) is 0 Å². The van der Waals surface area contributed by atoms with Gasteiger partial charge in [-0.1, -0.05) is 6.92 Å². The SMILES string of the molecule is CC1O[C@@H](C(=O)Nc2ccc(CO)nc2)C[C@@H]1C. The molecular weight excluding hydrogens is 232 g/mol. The second-order valence-corrected chi connectivity index (χ2v) is 4.73. The largest absolute Gasteiger partial charge is 0.390 e. The van der Waals surface area contributed by atoms with Crippen molar-refractivity contribution < 1.29 is 14.6 Å². The van der Waals surface area contributed by atoms with E-state index in [1.54, 1.807) is 12.1 Å². The molecule has 18 heavy (non-hydrogen) atoms. The Morgan fingerprint density at radius 3 is 2.83 bits per heavy atom. The highest BCUT2D eigenvalue weighted by Gasteiger charge is 2.33. The molecule has 3 atom stereocenters. The molecule has 0 radical (unpaired) electrons. The molecule has 5 heteroatoms. The Kier molecular flexibility index (Phi) is 3.93. The molecule has 1 aromatic heterocycles. The fourth-order valence-corrected chi connectivity index (χ4v) is 1.96. The van der Waals surface area contributed by atoms with Crippen LogP contribution in [-0.4, -0.2) is 28.2 Å². The van der Waals surface area contributed by atoms with Gasteiger partial charge in [0.15, 0.2) is 0 Å². The van der Waals surface area contributed by atoms with Gasteiger partial charge in [0.1, 0.15) is 6.10 Å². The molecule has 1 saturated heterocycles. The summed E-state index contributed by atoms with van der Waals surface area (Å²) in [6.07, 6.45) is 2.02. The summed E-state index contributed by atoms with van der Waals surface area (Å²) >= 11 is 0. The fourth-order valence-electron chi connectivity index (χ4n) is 1.96. The lowest BCUT2D eigenvalue weighted by atomic mass is 10.0. The average Bonchev–Trinajstić information content (AvgIpc) is 2.71. The van der Waals surface area contributed by atoms with Gasteiger partial charge in [0.05, 0.1) is 30.3 Å². The van der Waals surface area contributed by atoms with Crippen molar-refractivity contribution >= 4 is 11.6 Å². The predicted octanol–water partition coefficient (Wildman–Crippen LogP) is 1.33. The van der Waals surface area contributed by atoms with Crippen molar-refractivity contribution in [2.45, 2.75) is 39.1 Å². The number of ether oxygens (including phenoxy) is 1. The third kappa shape index (κ3) is 2.86. The van der Waals surface area contributed by atoms with Crippen molar-refractivity contribution in [1.82, 2.24) is 4.98 Å². The van der Waals surface area contributed by atoms with Crippen LogP contribution in [0.1, 0.15) is 26.0 Å². The van der Waals surface area contributed by atoms with Gasteiger partial charge < -0.3 is 15.2 Å². The highest BCUT2D eigenvalue weighted by atomic mass is 16.5. The number of nitrogens with one attached hydrogen (secondary N) is 1. The van der Waals surface area contributed by atoms with Crippen molar-refractivity contribution in [2.24, 2.45) is 5.92 Å². The average molecular weight is 250 g/mol. The zero-order valence-corrected chi connectivity index (χ0v) is 10.6. The van der Waals surface area contributed by atoms with Crippen LogP contribution >= 0.6 is 0 Å². The van der Waals surface area contributed by atoms with Crippen LogP contribution in [0.5, 0.6) is 0 Å². The lowest BCUT2D eigenvalue weighted by Gasteiger charge is -2.11. The van der Waals surface area contributed by atoms with Gasteiger partial charge in [0, 0.05) is 0 Å². The minimum absolute atomic E-state index is 0.102. The van der Waals surface area contributed by atoms with Gasteiger partial charge in [-0.15, -0.1) is 0 Å². The van der Waals surface area contributed by atoms with Crippen LogP contribution in [0, 0.1) is 5.92 Å². The molecule has 1 aliphatic rings. The Morgan fingerprint density at radius 1 is 1.56 bits per heavy atom. The van der Waals surface area contributed by atoms with E-state index in [4.69, 9.17) is 9.84 Å². The third-order valence-corrected chi connectivity index (χ3v) is 3.31. The number of anilines is 1. The van der Waals surface area contributed by atoms with Crippen molar-refractivity contribution in [3.8, 4) is 0 Å². The summed E-state index contributed by atoms with van der Waals surface area (Å²) in [4.78, 5) is 15.9. The summed E-state index contributed by atoms with van der Waals surface area (Å²) in [6.45, 7) is 3.96. The summed E-state index contributed by atoms with van der Waals surface area (Å²) in [5.74, 6) is 0.264. The number of carbonyl (C=O) groups excluding carboxylic acids is 1. The van der Waals surface area contributed by atoms with Gasteiger partial charge in [-0.3, -0.25) is 9.78 Å². The number of pyridine rings is 1. The van der Waals surface area contributed by atoms with Crippen molar-refractivity contribution in [2.75, 3.05) is 5.32 Å². The van der Waals surface area contributed by atoms with Gasteiger partial charge in [-0.2, -0.15) is 0 Å². The first-order valence-corrected chi connectivity index (χ1v) is 6.12. The van der Waals surface area contributed by atoms with Crippen LogP contribution in [0.15, 0.2) is 18.3 Å². The molecule has 2 N–H and O–H groups in total. The number of amides is 1. The first-order valence-electron chi connectivity index (χ1n) is 6.12. The Bertz CT molecular complexity index is 409. The van der Waals surface area contributed by atoms with E-state index in [-0.39, 0.29) is 24.7 Å². The van der Waals surface area contributed by atoms with Gasteiger partial charge in [-0.05, 0) is 31.4 Å². The van der Waals surface area contributed by atoms with Gasteiger partial charge in [-0.25, -0.2) is 0 Å². The molecule has 0 bridgehead atoms. The van der Waals surface area contributed by atoms with Crippen LogP contribution in [0.25, 0.3) is 0 Å². The van der Waals surface area contributed by atoms with Crippen LogP contribution < -0.4 is 5.32 Å². The summed E-state index contributed by atoms with van der Waals surface area (Å²) in [7, 11) is 0. The molecule has 0 saturated carbocycles. The highest BCUT2D eigenvalue weighted by Crippen LogP contribution is 2.26. The summed E-state index contributed by atoms with van der Waals surface area (Å²) < 4.78 is 5.58. The van der Waals surface area contributed by atoms with Gasteiger partial charge in [0.2, 0.25) is 0 Å². The van der Waals surface area contributed by atoms with Gasteiger partial charge in [0.25, 0.3) is 5.91 Å². The summed E-state index contributed by atoms with van der Waals surface area (Å²) in [5.41, 5.74) is 1.19. The Balaban J connectivity index is 1.94. The maximum Gasteiger partial charge on any atom is 0.253 e. The van der Waals surface area contributed by atoms with E-state index >= 15 is 0 Å². The normalized spacial score (nSPS) is 27.2. The molecule has 2 rings (SSSR count). The monoisotopic (exact) mass is 250 g/mol. The molecule has 5 nitrogen and oxygen atoms in total. The third-order valence-electron chi connectivity index (χ3n) is 3.31. The quantitative estimate of drug-likeness (QED) is 0.849. The van der Waals surface area contributed by atoms with E-state index in [0.717, 1.165) is 6.42 Å². The Labute approximate surface area is 106 Å². The van der Waals surface area contributed by atoms with E-state index in [0.29, 0.717) is 17.3 Å². The van der Waals surface area contributed by atoms with Gasteiger partial charge >= 0.3 is 0 Å². The Morgan fingerprint density at radius 2 is 2.33 bits per heavy atom. The zero-order chi connectivity index (χ0) is 13.1. The molecule has 1 unspecified atom stereocenters. The molecule has 2 heterocycles. The number of nitrogens with zero attached hydrogens (tertiary/aromatic N) is 1. The molecular formula is C13H18N2O3. The maximum absolute atomic E-state index is 11.9. The number of hydrogen-bond acceptors (Lipinski definition) is 4. The fraction of sp³-hybridized carbons (Fsp3) is 0.538. The Hall–Kier alpha value is -1.46. The standard InChI is InChI=1S/C13H18N2O3/c1-8-5-12(18-9(8)2)13(17)15-10-3-4-11(7-16)14-6-10/h3-4,6,8-9,12,16H,5,7H2,1-2H3,(H,15,17)/t8-,9?,12+/m0/s1. The number of rotatable bonds is 3. The minimum Gasteiger partial charge on any atom is -0.390 e. The first-order chi connectivity index (χ1) is 8.60. The summed E-state index contributed by atoms with van der Waals surface area (Å²) in [5, 5.41) is 11.6. The van der Waals surface area contributed by atoms with Crippen molar-refractivity contribution in [3.05, 3.63) is 24.0 Å². The molecule has 1 fully saturated rings. The number of aliphatic hydroxyl groups excluding tert-OH is 1. The highest BCUT2D eigenvalue weighted by molar-refractivity contribution is 5.94. The molecule has 0 aromatic carbocycles. The van der Waals surface area contributed by atoms with Crippen LogP contribution in [-0.2, 0) is 16.1 Å². The molecule has 1 aliphatic heterocycles. The zero-order valence-electron chi connectivity index (χ0n) is 10.6. The van der Waals surface area contributed by atoms with Crippen LogP contribution in [0.3, 0.4) is 0 Å². The first kappa shape index (κ1) is 13.0. The number of aliphatic hydroxyl groups is 1. The molecule has 98 valence electrons. The molecule has 0 aliphatic carbocycles. The second kappa shape index (κ2) is 5.46. The molecule has 0 spiro atoms. The number of aromatic nitrogens is 1. The number of hydrogen-bond donors (Lipinski definition) is 2. The van der Waals surface area contributed by atoms with E-state index in [2.05, 4.69) is 17.2 Å². The summed E-state index contributed by atoms with van der Waals surface area (Å²) in [6, 6.07) is 3.40. The number of carbonyl (C=O) groups is 1. The lowest BCUT2D eigenvalue weighted by molar-refractivity contribution is -0.126. The second-order valence-electron chi connectivity index (χ2n) is 4.73. The predicted molar refractivity (Wildman–Crippen MR) is 66.9 cm³/mol.